The summed E-state index contributed by atoms with van der Waals surface area (Å²) in [5.41, 5.74) is 8.34. The van der Waals surface area contributed by atoms with Gasteiger partial charge >= 0.3 is 0 Å². The zero-order valence-corrected chi connectivity index (χ0v) is 6.75. The van der Waals surface area contributed by atoms with Crippen molar-refractivity contribution in [2.75, 3.05) is 0 Å². The molecular weight excluding hydrogens is 138 g/mol. The Kier molecular flexibility index (Phi) is 1.46. The first-order valence-corrected chi connectivity index (χ1v) is 4.07. The number of nitrogens with zero attached hydrogens (tertiary/aromatic N) is 2. The van der Waals surface area contributed by atoms with Crippen LogP contribution in [-0.4, -0.2) is 9.55 Å². The summed E-state index contributed by atoms with van der Waals surface area (Å²) >= 11 is 0. The fraction of sp³-hybridized carbons (Fsp3) is 0.625. The minimum atomic E-state index is 0.167. The van der Waals surface area contributed by atoms with E-state index in [-0.39, 0.29) is 6.17 Å². The zero-order valence-electron chi connectivity index (χ0n) is 6.75. The van der Waals surface area contributed by atoms with E-state index in [1.165, 1.54) is 12.1 Å². The van der Waals surface area contributed by atoms with Crippen LogP contribution >= 0.6 is 0 Å². The van der Waals surface area contributed by atoms with E-state index in [1.54, 1.807) is 0 Å². The van der Waals surface area contributed by atoms with Crippen LogP contribution < -0.4 is 5.73 Å². The van der Waals surface area contributed by atoms with Gasteiger partial charge < -0.3 is 10.3 Å². The zero-order chi connectivity index (χ0) is 7.84. The maximum atomic E-state index is 5.88. The Morgan fingerprint density at radius 2 is 2.55 bits per heavy atom. The number of nitrogens with two attached hydrogens (primary N) is 1. The summed E-state index contributed by atoms with van der Waals surface area (Å²) in [7, 11) is 0. The Morgan fingerprint density at radius 3 is 3.27 bits per heavy atom. The van der Waals surface area contributed by atoms with E-state index in [9.17, 15) is 0 Å². The number of rotatable bonds is 0. The molecule has 11 heavy (non-hydrogen) atoms. The lowest BCUT2D eigenvalue weighted by Crippen LogP contribution is -2.24. The molecule has 0 fully saturated rings. The maximum Gasteiger partial charge on any atom is 0.0964 e. The molecule has 1 atom stereocenters. The van der Waals surface area contributed by atoms with E-state index in [0.29, 0.717) is 0 Å². The number of fused-ring (bicyclic) bond motifs is 1. The van der Waals surface area contributed by atoms with Crippen molar-refractivity contribution >= 4 is 0 Å². The highest BCUT2D eigenvalue weighted by atomic mass is 15.2. The van der Waals surface area contributed by atoms with Crippen molar-refractivity contribution in [1.29, 1.82) is 0 Å². The van der Waals surface area contributed by atoms with E-state index < -0.39 is 0 Å². The van der Waals surface area contributed by atoms with Crippen LogP contribution in [0.3, 0.4) is 0 Å². The third-order valence-corrected chi connectivity index (χ3v) is 2.38. The Balaban J connectivity index is 2.46. The highest BCUT2D eigenvalue weighted by molar-refractivity contribution is 5.13. The first-order chi connectivity index (χ1) is 5.29. The second-order valence-corrected chi connectivity index (χ2v) is 3.14. The molecule has 0 saturated carbocycles. The molecule has 0 aliphatic carbocycles. The lowest BCUT2D eigenvalue weighted by Gasteiger charge is -2.21. The predicted octanol–water partition coefficient (Wildman–Crippen LogP) is 0.985. The SMILES string of the molecule is Cc1ncn2c1CCCC2N. The summed E-state index contributed by atoms with van der Waals surface area (Å²) in [5.74, 6) is 0. The average Bonchev–Trinajstić information content (AvgIpc) is 2.35. The number of aryl methyl sites for hydroxylation is 1. The van der Waals surface area contributed by atoms with Crippen LogP contribution in [-0.2, 0) is 6.42 Å². The van der Waals surface area contributed by atoms with Crippen molar-refractivity contribution in [3.05, 3.63) is 17.7 Å². The molecule has 2 N–H and O–H groups in total. The van der Waals surface area contributed by atoms with Gasteiger partial charge in [0.1, 0.15) is 0 Å². The summed E-state index contributed by atoms with van der Waals surface area (Å²) in [6.45, 7) is 2.05. The normalized spacial score (nSPS) is 23.3. The number of hydrogen-bond donors (Lipinski definition) is 1. The average molecular weight is 151 g/mol. The molecule has 3 heteroatoms. The molecule has 0 aromatic carbocycles. The van der Waals surface area contributed by atoms with Crippen molar-refractivity contribution in [1.82, 2.24) is 9.55 Å². The topological polar surface area (TPSA) is 43.8 Å². The molecule has 1 aliphatic rings. The second-order valence-electron chi connectivity index (χ2n) is 3.14. The van der Waals surface area contributed by atoms with Crippen LogP contribution in [0.5, 0.6) is 0 Å². The molecular formula is C8H13N3. The Labute approximate surface area is 66.2 Å². The molecule has 0 radical (unpaired) electrons. The molecule has 0 bridgehead atoms. The maximum absolute atomic E-state index is 5.88. The van der Waals surface area contributed by atoms with Gasteiger partial charge in [-0.25, -0.2) is 4.98 Å². The Hall–Kier alpha value is -0.830. The van der Waals surface area contributed by atoms with Crippen LogP contribution in [0.4, 0.5) is 0 Å². The monoisotopic (exact) mass is 151 g/mol. The second kappa shape index (κ2) is 2.34. The fourth-order valence-electron chi connectivity index (χ4n) is 1.69. The van der Waals surface area contributed by atoms with Crippen LogP contribution in [0.15, 0.2) is 6.33 Å². The summed E-state index contributed by atoms with van der Waals surface area (Å²) in [6.07, 6.45) is 5.45. The highest BCUT2D eigenvalue weighted by Gasteiger charge is 2.17. The smallest absolute Gasteiger partial charge is 0.0964 e. The number of hydrogen-bond acceptors (Lipinski definition) is 2. The lowest BCUT2D eigenvalue weighted by molar-refractivity contribution is 0.413. The third kappa shape index (κ3) is 0.959. The van der Waals surface area contributed by atoms with E-state index in [2.05, 4.69) is 9.55 Å². The molecule has 0 saturated heterocycles. The van der Waals surface area contributed by atoms with Crippen molar-refractivity contribution in [3.8, 4) is 0 Å². The molecule has 1 aromatic heterocycles. The summed E-state index contributed by atoms with van der Waals surface area (Å²) in [5, 5.41) is 0. The van der Waals surface area contributed by atoms with Gasteiger partial charge in [0, 0.05) is 5.69 Å². The van der Waals surface area contributed by atoms with Crippen molar-refractivity contribution in [2.24, 2.45) is 5.73 Å². The van der Waals surface area contributed by atoms with Crippen LogP contribution in [0.25, 0.3) is 0 Å². The van der Waals surface area contributed by atoms with Gasteiger partial charge in [-0.1, -0.05) is 0 Å². The predicted molar refractivity (Wildman–Crippen MR) is 43.1 cm³/mol. The van der Waals surface area contributed by atoms with Crippen molar-refractivity contribution < 1.29 is 0 Å². The first-order valence-electron chi connectivity index (χ1n) is 4.07. The molecule has 3 nitrogen and oxygen atoms in total. The van der Waals surface area contributed by atoms with Gasteiger partial charge in [0.05, 0.1) is 18.2 Å². The molecule has 2 rings (SSSR count). The molecule has 1 aromatic rings. The van der Waals surface area contributed by atoms with Gasteiger partial charge in [-0.3, -0.25) is 0 Å². The number of imidazole rings is 1. The van der Waals surface area contributed by atoms with Crippen molar-refractivity contribution in [2.45, 2.75) is 32.4 Å². The van der Waals surface area contributed by atoms with Crippen molar-refractivity contribution in [3.63, 3.8) is 0 Å². The molecule has 1 aliphatic heterocycles. The summed E-state index contributed by atoms with van der Waals surface area (Å²) < 4.78 is 2.10. The molecule has 60 valence electrons. The van der Waals surface area contributed by atoms with Gasteiger partial charge in [0.15, 0.2) is 0 Å². The highest BCUT2D eigenvalue weighted by Crippen LogP contribution is 2.22. The van der Waals surface area contributed by atoms with Crippen LogP contribution in [0.2, 0.25) is 0 Å². The van der Waals surface area contributed by atoms with Gasteiger partial charge in [-0.2, -0.15) is 0 Å². The van der Waals surface area contributed by atoms with Crippen LogP contribution in [0, 0.1) is 6.92 Å². The van der Waals surface area contributed by atoms with E-state index in [0.717, 1.165) is 18.5 Å². The van der Waals surface area contributed by atoms with Crippen LogP contribution in [0.1, 0.15) is 30.4 Å². The van der Waals surface area contributed by atoms with Gasteiger partial charge in [-0.05, 0) is 26.2 Å². The number of aromatic nitrogens is 2. The van der Waals surface area contributed by atoms with Gasteiger partial charge in [-0.15, -0.1) is 0 Å². The quantitative estimate of drug-likeness (QED) is 0.600. The van der Waals surface area contributed by atoms with E-state index >= 15 is 0 Å². The fourth-order valence-corrected chi connectivity index (χ4v) is 1.69. The Bertz CT molecular complexity index is 264. The minimum Gasteiger partial charge on any atom is -0.319 e. The van der Waals surface area contributed by atoms with Gasteiger partial charge in [0.25, 0.3) is 0 Å². The summed E-state index contributed by atoms with van der Waals surface area (Å²) in [4.78, 5) is 4.23. The molecule has 1 unspecified atom stereocenters. The first kappa shape index (κ1) is 6.85. The molecule has 0 amide bonds. The lowest BCUT2D eigenvalue weighted by atomic mass is 10.1. The summed E-state index contributed by atoms with van der Waals surface area (Å²) in [6, 6.07) is 0. The molecule has 2 heterocycles. The third-order valence-electron chi connectivity index (χ3n) is 2.38. The minimum absolute atomic E-state index is 0.167. The van der Waals surface area contributed by atoms with E-state index in [1.807, 2.05) is 13.3 Å². The van der Waals surface area contributed by atoms with Gasteiger partial charge in [0.2, 0.25) is 0 Å². The molecule has 0 spiro atoms. The van der Waals surface area contributed by atoms with E-state index in [4.69, 9.17) is 5.73 Å². The standard InChI is InChI=1S/C8H13N3/c1-6-7-3-2-4-8(9)11(7)5-10-6/h5,8H,2-4,9H2,1H3. The largest absolute Gasteiger partial charge is 0.319 e. The Morgan fingerprint density at radius 1 is 1.73 bits per heavy atom.